The third kappa shape index (κ3) is 4.15. The minimum atomic E-state index is -0.234. The first-order valence-corrected chi connectivity index (χ1v) is 7.42. The fourth-order valence-corrected chi connectivity index (χ4v) is 3.09. The molecule has 0 aliphatic heterocycles. The van der Waals surface area contributed by atoms with Crippen molar-refractivity contribution in [1.82, 2.24) is 0 Å². The molecule has 0 N–H and O–H groups in total. The van der Waals surface area contributed by atoms with Gasteiger partial charge in [0.15, 0.2) is 0 Å². The predicted octanol–water partition coefficient (Wildman–Crippen LogP) is 4.45. The van der Waals surface area contributed by atoms with Crippen molar-refractivity contribution in [2.75, 3.05) is 6.67 Å². The van der Waals surface area contributed by atoms with E-state index in [1.807, 2.05) is 0 Å². The van der Waals surface area contributed by atoms with Crippen LogP contribution in [0.2, 0.25) is 0 Å². The fourth-order valence-electron chi connectivity index (χ4n) is 3.09. The lowest BCUT2D eigenvalue weighted by molar-refractivity contribution is -0.108. The van der Waals surface area contributed by atoms with Gasteiger partial charge in [0.2, 0.25) is 0 Å². The molecular formula is C17H23FO. The molecule has 0 atom stereocenters. The Kier molecular flexibility index (Phi) is 5.56. The van der Waals surface area contributed by atoms with Gasteiger partial charge in [-0.1, -0.05) is 24.3 Å². The highest BCUT2D eigenvalue weighted by Crippen LogP contribution is 2.36. The van der Waals surface area contributed by atoms with E-state index in [1.165, 1.54) is 36.8 Å². The SMILES string of the molecule is O=CCC1CCC(c2ccc(CCCF)cc2)CC1. The molecular weight excluding hydrogens is 239 g/mol. The molecule has 0 unspecified atom stereocenters. The van der Waals surface area contributed by atoms with Crippen LogP contribution in [0.5, 0.6) is 0 Å². The van der Waals surface area contributed by atoms with Gasteiger partial charge in [0.25, 0.3) is 0 Å². The zero-order chi connectivity index (χ0) is 13.5. The van der Waals surface area contributed by atoms with Gasteiger partial charge in [0.05, 0.1) is 6.67 Å². The van der Waals surface area contributed by atoms with E-state index in [1.54, 1.807) is 0 Å². The van der Waals surface area contributed by atoms with E-state index in [2.05, 4.69) is 24.3 Å². The highest BCUT2D eigenvalue weighted by Gasteiger charge is 2.21. The Bertz CT molecular complexity index is 377. The monoisotopic (exact) mass is 262 g/mol. The maximum Gasteiger partial charge on any atom is 0.120 e. The van der Waals surface area contributed by atoms with Crippen LogP contribution < -0.4 is 0 Å². The second-order valence-corrected chi connectivity index (χ2v) is 5.65. The first-order chi connectivity index (χ1) is 9.33. The zero-order valence-corrected chi connectivity index (χ0v) is 11.5. The molecule has 0 heterocycles. The summed E-state index contributed by atoms with van der Waals surface area (Å²) in [6, 6.07) is 8.70. The number of benzene rings is 1. The normalized spacial score (nSPS) is 23.2. The van der Waals surface area contributed by atoms with Crippen molar-refractivity contribution < 1.29 is 9.18 Å². The molecule has 0 saturated heterocycles. The van der Waals surface area contributed by atoms with Gasteiger partial charge in [-0.05, 0) is 61.5 Å². The van der Waals surface area contributed by atoms with Gasteiger partial charge in [-0.25, -0.2) is 0 Å². The maximum atomic E-state index is 12.1. The van der Waals surface area contributed by atoms with E-state index in [0.717, 1.165) is 19.1 Å². The van der Waals surface area contributed by atoms with E-state index < -0.39 is 0 Å². The van der Waals surface area contributed by atoms with Gasteiger partial charge in [-0.2, -0.15) is 0 Å². The Morgan fingerprint density at radius 3 is 2.37 bits per heavy atom. The summed E-state index contributed by atoms with van der Waals surface area (Å²) in [4.78, 5) is 10.5. The molecule has 0 aromatic heterocycles. The fraction of sp³-hybridized carbons (Fsp3) is 0.588. The van der Waals surface area contributed by atoms with E-state index in [4.69, 9.17) is 0 Å². The number of carbonyl (C=O) groups is 1. The van der Waals surface area contributed by atoms with E-state index in [9.17, 15) is 9.18 Å². The van der Waals surface area contributed by atoms with Crippen LogP contribution in [0.25, 0.3) is 0 Å². The van der Waals surface area contributed by atoms with Crippen molar-refractivity contribution in [3.63, 3.8) is 0 Å². The number of aldehydes is 1. The average Bonchev–Trinajstić information content (AvgIpc) is 2.47. The molecule has 1 aliphatic rings. The Labute approximate surface area is 115 Å². The van der Waals surface area contributed by atoms with E-state index >= 15 is 0 Å². The van der Waals surface area contributed by atoms with Gasteiger partial charge in [0, 0.05) is 6.42 Å². The lowest BCUT2D eigenvalue weighted by Crippen LogP contribution is -2.13. The van der Waals surface area contributed by atoms with Crippen LogP contribution in [-0.4, -0.2) is 13.0 Å². The summed E-state index contributed by atoms with van der Waals surface area (Å²) in [6.07, 6.45) is 7.99. The number of rotatable bonds is 6. The Morgan fingerprint density at radius 1 is 1.11 bits per heavy atom. The summed E-state index contributed by atoms with van der Waals surface area (Å²) in [7, 11) is 0. The summed E-state index contributed by atoms with van der Waals surface area (Å²) in [5, 5.41) is 0. The topological polar surface area (TPSA) is 17.1 Å². The highest BCUT2D eigenvalue weighted by atomic mass is 19.1. The number of carbonyl (C=O) groups excluding carboxylic acids is 1. The average molecular weight is 262 g/mol. The molecule has 0 bridgehead atoms. The molecule has 1 fully saturated rings. The first-order valence-electron chi connectivity index (χ1n) is 7.42. The summed E-state index contributed by atoms with van der Waals surface area (Å²) >= 11 is 0. The summed E-state index contributed by atoms with van der Waals surface area (Å²) < 4.78 is 12.1. The van der Waals surface area contributed by atoms with Crippen LogP contribution in [0.3, 0.4) is 0 Å². The van der Waals surface area contributed by atoms with Crippen LogP contribution in [0.15, 0.2) is 24.3 Å². The second kappa shape index (κ2) is 7.42. The molecule has 104 valence electrons. The summed E-state index contributed by atoms with van der Waals surface area (Å²) in [6.45, 7) is -0.234. The van der Waals surface area contributed by atoms with Gasteiger partial charge >= 0.3 is 0 Å². The van der Waals surface area contributed by atoms with Crippen LogP contribution in [0.1, 0.15) is 55.6 Å². The molecule has 2 rings (SSSR count). The second-order valence-electron chi connectivity index (χ2n) is 5.65. The molecule has 0 radical (unpaired) electrons. The summed E-state index contributed by atoms with van der Waals surface area (Å²) in [5.41, 5.74) is 2.64. The van der Waals surface area contributed by atoms with Crippen LogP contribution in [0.4, 0.5) is 4.39 Å². The molecule has 1 aromatic rings. The molecule has 0 spiro atoms. The number of hydrogen-bond donors (Lipinski definition) is 0. The smallest absolute Gasteiger partial charge is 0.120 e. The number of alkyl halides is 1. The van der Waals surface area contributed by atoms with Crippen LogP contribution >= 0.6 is 0 Å². The van der Waals surface area contributed by atoms with Crippen molar-refractivity contribution in [2.24, 2.45) is 5.92 Å². The van der Waals surface area contributed by atoms with Gasteiger partial charge in [-0.3, -0.25) is 4.39 Å². The Hall–Kier alpha value is -1.18. The molecule has 0 amide bonds. The minimum Gasteiger partial charge on any atom is -0.303 e. The van der Waals surface area contributed by atoms with Crippen molar-refractivity contribution in [1.29, 1.82) is 0 Å². The molecule has 1 aliphatic carbocycles. The molecule has 2 heteroatoms. The third-order valence-corrected chi connectivity index (χ3v) is 4.33. The Balaban J connectivity index is 1.87. The van der Waals surface area contributed by atoms with Gasteiger partial charge < -0.3 is 4.79 Å². The largest absolute Gasteiger partial charge is 0.303 e. The minimum absolute atomic E-state index is 0.234. The van der Waals surface area contributed by atoms with Crippen molar-refractivity contribution >= 4 is 6.29 Å². The number of hydrogen-bond acceptors (Lipinski definition) is 1. The van der Waals surface area contributed by atoms with Crippen molar-refractivity contribution in [3.8, 4) is 0 Å². The Morgan fingerprint density at radius 2 is 1.79 bits per heavy atom. The third-order valence-electron chi connectivity index (χ3n) is 4.33. The van der Waals surface area contributed by atoms with Gasteiger partial charge in [0.1, 0.15) is 6.29 Å². The zero-order valence-electron chi connectivity index (χ0n) is 11.5. The van der Waals surface area contributed by atoms with E-state index in [-0.39, 0.29) is 6.67 Å². The number of halogens is 1. The molecule has 19 heavy (non-hydrogen) atoms. The maximum absolute atomic E-state index is 12.1. The number of aryl methyl sites for hydroxylation is 1. The van der Waals surface area contributed by atoms with Crippen LogP contribution in [0, 0.1) is 5.92 Å². The first kappa shape index (κ1) is 14.2. The summed E-state index contributed by atoms with van der Waals surface area (Å²) in [5.74, 6) is 1.26. The van der Waals surface area contributed by atoms with Gasteiger partial charge in [-0.15, -0.1) is 0 Å². The highest BCUT2D eigenvalue weighted by molar-refractivity contribution is 5.49. The molecule has 1 saturated carbocycles. The van der Waals surface area contributed by atoms with Crippen molar-refractivity contribution in [3.05, 3.63) is 35.4 Å². The van der Waals surface area contributed by atoms with Crippen molar-refractivity contribution in [2.45, 2.75) is 50.9 Å². The standard InChI is InChI=1S/C17H23FO/c18-12-1-2-14-3-7-16(8-4-14)17-9-5-15(6-10-17)11-13-19/h3-4,7-8,13,15,17H,1-2,5-6,9-12H2. The predicted molar refractivity (Wildman–Crippen MR) is 76.1 cm³/mol. The quantitative estimate of drug-likeness (QED) is 0.692. The molecule has 1 nitrogen and oxygen atoms in total. The van der Waals surface area contributed by atoms with Crippen LogP contribution in [-0.2, 0) is 11.2 Å². The lowest BCUT2D eigenvalue weighted by Gasteiger charge is -2.27. The molecule has 1 aromatic carbocycles. The van der Waals surface area contributed by atoms with E-state index in [0.29, 0.717) is 18.3 Å². The lowest BCUT2D eigenvalue weighted by atomic mass is 9.77.